The number of hydrogen-bond acceptors (Lipinski definition) is 4. The lowest BCUT2D eigenvalue weighted by atomic mass is 9.98. The zero-order chi connectivity index (χ0) is 13.8. The van der Waals surface area contributed by atoms with Gasteiger partial charge in [0.2, 0.25) is 0 Å². The Balaban J connectivity index is 1.43. The third kappa shape index (κ3) is 3.29. The molecule has 108 valence electrons. The third-order valence-electron chi connectivity index (χ3n) is 4.16. The van der Waals surface area contributed by atoms with E-state index in [4.69, 9.17) is 4.74 Å². The van der Waals surface area contributed by atoms with Crippen molar-refractivity contribution in [2.45, 2.75) is 24.5 Å². The van der Waals surface area contributed by atoms with Gasteiger partial charge in [-0.05, 0) is 36.6 Å². The molecule has 0 aliphatic carbocycles. The maximum Gasteiger partial charge on any atom is 0.319 e. The number of anilines is 1. The fourth-order valence-corrected chi connectivity index (χ4v) is 4.18. The number of para-hydroxylation sites is 1. The third-order valence-corrected chi connectivity index (χ3v) is 5.65. The van der Waals surface area contributed by atoms with Gasteiger partial charge in [0, 0.05) is 25.2 Å². The summed E-state index contributed by atoms with van der Waals surface area (Å²) in [5, 5.41) is 0.0992. The van der Waals surface area contributed by atoms with E-state index in [2.05, 4.69) is 35.2 Å². The Morgan fingerprint density at radius 1 is 1.15 bits per heavy atom. The monoisotopic (exact) mass is 291 g/mol. The van der Waals surface area contributed by atoms with E-state index >= 15 is 0 Å². The Hall–Kier alpha value is -1.16. The van der Waals surface area contributed by atoms with E-state index in [0.717, 1.165) is 31.2 Å². The van der Waals surface area contributed by atoms with Crippen LogP contribution in [0.5, 0.6) is 0 Å². The molecule has 3 nitrogen and oxygen atoms in total. The van der Waals surface area contributed by atoms with Gasteiger partial charge < -0.3 is 9.64 Å². The standard InChI is InChI=1S/C16H21NO2S/c18-16-15(8-11-19-16)20-12-13-6-9-17(10-7-13)14-4-2-1-3-5-14/h1-5,13,15H,6-12H2. The number of hydrogen-bond donors (Lipinski definition) is 0. The van der Waals surface area contributed by atoms with Crippen LogP contribution in [0.1, 0.15) is 19.3 Å². The van der Waals surface area contributed by atoms with Crippen molar-refractivity contribution in [3.63, 3.8) is 0 Å². The minimum Gasteiger partial charge on any atom is -0.465 e. The second kappa shape index (κ2) is 6.53. The van der Waals surface area contributed by atoms with Gasteiger partial charge in [-0.3, -0.25) is 4.79 Å². The molecule has 0 aromatic heterocycles. The van der Waals surface area contributed by atoms with E-state index in [0.29, 0.717) is 6.61 Å². The first-order valence-electron chi connectivity index (χ1n) is 7.41. The molecule has 0 bridgehead atoms. The second-order valence-corrected chi connectivity index (χ2v) is 6.78. The van der Waals surface area contributed by atoms with Gasteiger partial charge in [0.15, 0.2) is 0 Å². The Morgan fingerprint density at radius 2 is 1.90 bits per heavy atom. The summed E-state index contributed by atoms with van der Waals surface area (Å²) in [4.78, 5) is 13.9. The summed E-state index contributed by atoms with van der Waals surface area (Å²) in [6, 6.07) is 10.6. The molecular formula is C16H21NO2S. The van der Waals surface area contributed by atoms with Crippen LogP contribution in [0, 0.1) is 5.92 Å². The first kappa shape index (κ1) is 13.8. The number of nitrogens with zero attached hydrogens (tertiary/aromatic N) is 1. The molecule has 0 amide bonds. The SMILES string of the molecule is O=C1OCCC1SCC1CCN(c2ccccc2)CC1. The van der Waals surface area contributed by atoms with Gasteiger partial charge in [-0.2, -0.15) is 0 Å². The zero-order valence-corrected chi connectivity index (χ0v) is 12.5. The van der Waals surface area contributed by atoms with E-state index in [1.54, 1.807) is 11.8 Å². The minimum atomic E-state index is -0.00304. The molecule has 2 aliphatic rings. The molecule has 1 aromatic rings. The van der Waals surface area contributed by atoms with Gasteiger partial charge in [0.1, 0.15) is 5.25 Å². The molecule has 1 unspecified atom stereocenters. The molecule has 1 aromatic carbocycles. The Bertz CT molecular complexity index is 443. The molecule has 2 saturated heterocycles. The van der Waals surface area contributed by atoms with Gasteiger partial charge in [-0.15, -0.1) is 11.8 Å². The number of thioether (sulfide) groups is 1. The Labute approximate surface area is 124 Å². The van der Waals surface area contributed by atoms with Crippen molar-refractivity contribution < 1.29 is 9.53 Å². The van der Waals surface area contributed by atoms with Crippen molar-refractivity contribution >= 4 is 23.4 Å². The number of carbonyl (C=O) groups is 1. The normalized spacial score (nSPS) is 23.9. The van der Waals surface area contributed by atoms with E-state index in [1.165, 1.54) is 18.5 Å². The number of rotatable bonds is 4. The lowest BCUT2D eigenvalue weighted by Crippen LogP contribution is -2.34. The second-order valence-electron chi connectivity index (χ2n) is 5.54. The summed E-state index contributed by atoms with van der Waals surface area (Å²) in [5.74, 6) is 1.84. The van der Waals surface area contributed by atoms with Crippen molar-refractivity contribution in [2.24, 2.45) is 5.92 Å². The van der Waals surface area contributed by atoms with Gasteiger partial charge in [0.25, 0.3) is 0 Å². The maximum atomic E-state index is 11.4. The molecule has 0 radical (unpaired) electrons. The van der Waals surface area contributed by atoms with Gasteiger partial charge in [-0.1, -0.05) is 18.2 Å². The van der Waals surface area contributed by atoms with E-state index in [1.807, 2.05) is 0 Å². The van der Waals surface area contributed by atoms with Crippen LogP contribution in [0.2, 0.25) is 0 Å². The molecule has 2 heterocycles. The highest BCUT2D eigenvalue weighted by atomic mass is 32.2. The highest BCUT2D eigenvalue weighted by Crippen LogP contribution is 2.29. The number of benzene rings is 1. The quantitative estimate of drug-likeness (QED) is 0.798. The molecule has 0 saturated carbocycles. The van der Waals surface area contributed by atoms with E-state index < -0.39 is 0 Å². The number of ether oxygens (including phenoxy) is 1. The molecule has 20 heavy (non-hydrogen) atoms. The highest BCUT2D eigenvalue weighted by molar-refractivity contribution is 8.00. The fourth-order valence-electron chi connectivity index (χ4n) is 2.88. The summed E-state index contributed by atoms with van der Waals surface area (Å²) in [6.45, 7) is 2.87. The number of piperidine rings is 1. The lowest BCUT2D eigenvalue weighted by molar-refractivity contribution is -0.137. The van der Waals surface area contributed by atoms with Crippen molar-refractivity contribution in [1.82, 2.24) is 0 Å². The smallest absolute Gasteiger partial charge is 0.319 e. The summed E-state index contributed by atoms with van der Waals surface area (Å²) >= 11 is 1.80. The molecule has 1 atom stereocenters. The molecule has 2 aliphatic heterocycles. The maximum absolute atomic E-state index is 11.4. The summed E-state index contributed by atoms with van der Waals surface area (Å²) in [5.41, 5.74) is 1.33. The zero-order valence-electron chi connectivity index (χ0n) is 11.7. The molecule has 0 N–H and O–H groups in total. The van der Waals surface area contributed by atoms with Crippen LogP contribution >= 0.6 is 11.8 Å². The lowest BCUT2D eigenvalue weighted by Gasteiger charge is -2.33. The molecule has 4 heteroatoms. The summed E-state index contributed by atoms with van der Waals surface area (Å²) in [6.07, 6.45) is 3.35. The van der Waals surface area contributed by atoms with Crippen LogP contribution in [0.4, 0.5) is 5.69 Å². The predicted molar refractivity (Wildman–Crippen MR) is 83.2 cm³/mol. The number of carbonyl (C=O) groups excluding carboxylic acids is 1. The van der Waals surface area contributed by atoms with Gasteiger partial charge >= 0.3 is 5.97 Å². The van der Waals surface area contributed by atoms with Crippen LogP contribution in [0.3, 0.4) is 0 Å². The van der Waals surface area contributed by atoms with Crippen LogP contribution < -0.4 is 4.90 Å². The average molecular weight is 291 g/mol. The minimum absolute atomic E-state index is 0.00304. The van der Waals surface area contributed by atoms with Crippen LogP contribution in [-0.4, -0.2) is 36.7 Å². The van der Waals surface area contributed by atoms with Crippen molar-refractivity contribution in [3.8, 4) is 0 Å². The first-order chi connectivity index (χ1) is 9.83. The number of esters is 1. The van der Waals surface area contributed by atoms with Gasteiger partial charge in [-0.25, -0.2) is 0 Å². The van der Waals surface area contributed by atoms with E-state index in [-0.39, 0.29) is 11.2 Å². The fraction of sp³-hybridized carbons (Fsp3) is 0.562. The molecule has 0 spiro atoms. The van der Waals surface area contributed by atoms with Crippen molar-refractivity contribution in [2.75, 3.05) is 30.3 Å². The van der Waals surface area contributed by atoms with Crippen LogP contribution in [0.15, 0.2) is 30.3 Å². The van der Waals surface area contributed by atoms with E-state index in [9.17, 15) is 4.79 Å². The highest BCUT2D eigenvalue weighted by Gasteiger charge is 2.28. The summed E-state index contributed by atoms with van der Waals surface area (Å²) < 4.78 is 5.01. The van der Waals surface area contributed by atoms with Crippen molar-refractivity contribution in [1.29, 1.82) is 0 Å². The Morgan fingerprint density at radius 3 is 2.55 bits per heavy atom. The topological polar surface area (TPSA) is 29.5 Å². The predicted octanol–water partition coefficient (Wildman–Crippen LogP) is 2.95. The van der Waals surface area contributed by atoms with Crippen molar-refractivity contribution in [3.05, 3.63) is 30.3 Å². The Kier molecular flexibility index (Phi) is 4.51. The largest absolute Gasteiger partial charge is 0.465 e. The van der Waals surface area contributed by atoms with Gasteiger partial charge in [0.05, 0.1) is 6.61 Å². The average Bonchev–Trinajstić information content (AvgIpc) is 2.92. The van der Waals surface area contributed by atoms with Crippen LogP contribution in [0.25, 0.3) is 0 Å². The number of cyclic esters (lactones) is 1. The van der Waals surface area contributed by atoms with Crippen LogP contribution in [-0.2, 0) is 9.53 Å². The summed E-state index contributed by atoms with van der Waals surface area (Å²) in [7, 11) is 0. The molecule has 2 fully saturated rings. The molecular weight excluding hydrogens is 270 g/mol. The molecule has 3 rings (SSSR count). The first-order valence-corrected chi connectivity index (χ1v) is 8.46.